The van der Waals surface area contributed by atoms with Crippen molar-refractivity contribution in [2.24, 2.45) is 0 Å². The molecule has 172 valence electrons. The number of aromatic nitrogens is 3. The van der Waals surface area contributed by atoms with Crippen LogP contribution in [0.2, 0.25) is 0 Å². The fraction of sp³-hybridized carbons (Fsp3) is 0.476. The van der Waals surface area contributed by atoms with Crippen LogP contribution in [0.3, 0.4) is 0 Å². The van der Waals surface area contributed by atoms with Crippen molar-refractivity contribution in [1.29, 1.82) is 0 Å². The lowest BCUT2D eigenvalue weighted by atomic mass is 10.0. The molecule has 2 atom stereocenters. The van der Waals surface area contributed by atoms with Crippen LogP contribution in [-0.2, 0) is 25.5 Å². The first-order valence-electron chi connectivity index (χ1n) is 10.0. The number of carbonyl (C=O) groups excluding carboxylic acids is 3. The first-order valence-corrected chi connectivity index (χ1v) is 10.0. The Bertz CT molecular complexity index is 1040. The van der Waals surface area contributed by atoms with E-state index in [-0.39, 0.29) is 5.95 Å². The Balaban J connectivity index is 1.98. The van der Waals surface area contributed by atoms with Gasteiger partial charge in [0.15, 0.2) is 6.10 Å². The number of halogens is 2. The number of nitrogens with zero attached hydrogens (tertiary/aromatic N) is 4. The maximum absolute atomic E-state index is 13.7. The molecule has 0 aliphatic carbocycles. The number of ether oxygens (including phenoxy) is 2. The van der Waals surface area contributed by atoms with Gasteiger partial charge in [0, 0.05) is 19.4 Å². The summed E-state index contributed by atoms with van der Waals surface area (Å²) in [5.41, 5.74) is -0.578. The van der Waals surface area contributed by atoms with Gasteiger partial charge >= 0.3 is 12.1 Å². The molecule has 2 heterocycles. The average molecular weight is 450 g/mol. The Labute approximate surface area is 183 Å². The molecule has 3 rings (SSSR count). The van der Waals surface area contributed by atoms with Crippen molar-refractivity contribution < 1.29 is 32.6 Å². The van der Waals surface area contributed by atoms with E-state index in [1.807, 2.05) is 0 Å². The number of hydrogen-bond acceptors (Lipinski definition) is 7. The molecule has 0 N–H and O–H groups in total. The van der Waals surface area contributed by atoms with Gasteiger partial charge in [0.1, 0.15) is 23.1 Å². The highest BCUT2D eigenvalue weighted by molar-refractivity contribution is 6.12. The summed E-state index contributed by atoms with van der Waals surface area (Å²) in [6.45, 7) is 7.31. The van der Waals surface area contributed by atoms with Crippen molar-refractivity contribution in [3.63, 3.8) is 0 Å². The standard InChI is InChI=1S/C21H24F2N4O5/c1-11(31-12(2)28)18(29)26(20(30)32-21(3,4)5)19-24-17-7-6-16(27(17)25-19)13-8-14(22)10-15(23)9-13/h8-11,16H,6-7H2,1-5H3/t11-,16?/m1/s1. The van der Waals surface area contributed by atoms with Crippen LogP contribution < -0.4 is 4.90 Å². The van der Waals surface area contributed by atoms with Gasteiger partial charge in [0.05, 0.1) is 6.04 Å². The van der Waals surface area contributed by atoms with E-state index in [1.165, 1.54) is 23.7 Å². The molecule has 0 spiro atoms. The topological polar surface area (TPSA) is 104 Å². The number of anilines is 1. The van der Waals surface area contributed by atoms with Crippen molar-refractivity contribution in [2.45, 2.75) is 65.2 Å². The first-order chi connectivity index (χ1) is 14.9. The number of fused-ring (bicyclic) bond motifs is 1. The zero-order chi connectivity index (χ0) is 23.8. The van der Waals surface area contributed by atoms with Crippen LogP contribution >= 0.6 is 0 Å². The Hall–Kier alpha value is -3.37. The third-order valence-corrected chi connectivity index (χ3v) is 4.58. The van der Waals surface area contributed by atoms with Gasteiger partial charge in [-0.25, -0.2) is 18.3 Å². The molecule has 0 saturated carbocycles. The van der Waals surface area contributed by atoms with Crippen molar-refractivity contribution in [1.82, 2.24) is 14.8 Å². The summed E-state index contributed by atoms with van der Waals surface area (Å²) in [5.74, 6) is -2.91. The zero-order valence-electron chi connectivity index (χ0n) is 18.4. The van der Waals surface area contributed by atoms with E-state index in [1.54, 1.807) is 20.8 Å². The van der Waals surface area contributed by atoms with Crippen LogP contribution in [0, 0.1) is 11.6 Å². The van der Waals surface area contributed by atoms with Crippen LogP contribution in [0.5, 0.6) is 0 Å². The van der Waals surface area contributed by atoms with E-state index in [2.05, 4.69) is 10.1 Å². The molecule has 1 aliphatic rings. The summed E-state index contributed by atoms with van der Waals surface area (Å²) in [5, 5.41) is 4.27. The lowest BCUT2D eigenvalue weighted by Gasteiger charge is -2.25. The van der Waals surface area contributed by atoms with E-state index in [0.717, 1.165) is 13.0 Å². The molecule has 9 nitrogen and oxygen atoms in total. The molecular formula is C21H24F2N4O5. The third kappa shape index (κ3) is 5.09. The highest BCUT2D eigenvalue weighted by Crippen LogP contribution is 2.33. The van der Waals surface area contributed by atoms with Crippen LogP contribution in [0.15, 0.2) is 18.2 Å². The molecule has 1 aromatic heterocycles. The summed E-state index contributed by atoms with van der Waals surface area (Å²) in [6, 6.07) is 2.64. The van der Waals surface area contributed by atoms with E-state index in [9.17, 15) is 23.2 Å². The van der Waals surface area contributed by atoms with Crippen LogP contribution in [0.25, 0.3) is 0 Å². The number of carbonyl (C=O) groups is 3. The third-order valence-electron chi connectivity index (χ3n) is 4.58. The number of rotatable bonds is 4. The van der Waals surface area contributed by atoms with E-state index >= 15 is 0 Å². The average Bonchev–Trinajstić information content (AvgIpc) is 3.19. The number of benzene rings is 1. The summed E-state index contributed by atoms with van der Waals surface area (Å²) in [7, 11) is 0. The molecule has 0 saturated heterocycles. The Kier molecular flexibility index (Phi) is 6.29. The monoisotopic (exact) mass is 450 g/mol. The van der Waals surface area contributed by atoms with Gasteiger partial charge in [0.25, 0.3) is 11.9 Å². The first kappa shape index (κ1) is 23.3. The largest absolute Gasteiger partial charge is 0.453 e. The van der Waals surface area contributed by atoms with Crippen LogP contribution in [0.4, 0.5) is 19.5 Å². The molecular weight excluding hydrogens is 426 g/mol. The van der Waals surface area contributed by atoms with Gasteiger partial charge in [-0.1, -0.05) is 0 Å². The van der Waals surface area contributed by atoms with Crippen molar-refractivity contribution >= 4 is 23.9 Å². The molecule has 1 aliphatic heterocycles. The van der Waals surface area contributed by atoms with Crippen molar-refractivity contribution in [3.8, 4) is 0 Å². The Morgan fingerprint density at radius 3 is 2.38 bits per heavy atom. The fourth-order valence-corrected chi connectivity index (χ4v) is 3.38. The van der Waals surface area contributed by atoms with E-state index < -0.39 is 47.4 Å². The second kappa shape index (κ2) is 8.64. The molecule has 0 bridgehead atoms. The highest BCUT2D eigenvalue weighted by atomic mass is 19.1. The lowest BCUT2D eigenvalue weighted by Crippen LogP contribution is -2.46. The second-order valence-electron chi connectivity index (χ2n) is 8.44. The van der Waals surface area contributed by atoms with Gasteiger partial charge in [-0.15, -0.1) is 5.10 Å². The smallest absolute Gasteiger partial charge is 0.424 e. The van der Waals surface area contributed by atoms with Crippen molar-refractivity contribution in [3.05, 3.63) is 41.2 Å². The van der Waals surface area contributed by atoms with Crippen LogP contribution in [0.1, 0.15) is 58.5 Å². The lowest BCUT2D eigenvalue weighted by molar-refractivity contribution is -0.151. The van der Waals surface area contributed by atoms with E-state index in [0.29, 0.717) is 29.1 Å². The summed E-state index contributed by atoms with van der Waals surface area (Å²) in [6.07, 6.45) is -1.44. The summed E-state index contributed by atoms with van der Waals surface area (Å²) in [4.78, 5) is 41.9. The predicted molar refractivity (Wildman–Crippen MR) is 108 cm³/mol. The minimum absolute atomic E-state index is 0.278. The normalized spacial score (nSPS) is 16.3. The molecule has 0 radical (unpaired) electrons. The zero-order valence-corrected chi connectivity index (χ0v) is 18.4. The van der Waals surface area contributed by atoms with E-state index in [4.69, 9.17) is 9.47 Å². The quantitative estimate of drug-likeness (QED) is 0.658. The Morgan fingerprint density at radius 1 is 1.19 bits per heavy atom. The maximum Gasteiger partial charge on any atom is 0.424 e. The molecule has 11 heteroatoms. The summed E-state index contributed by atoms with van der Waals surface area (Å²) >= 11 is 0. The number of aryl methyl sites for hydroxylation is 1. The van der Waals surface area contributed by atoms with Gasteiger partial charge < -0.3 is 9.47 Å². The minimum atomic E-state index is -1.30. The number of imide groups is 1. The maximum atomic E-state index is 13.7. The SMILES string of the molecule is CC(=O)O[C@H](C)C(=O)N(C(=O)OC(C)(C)C)c1nc2n(n1)C(c1cc(F)cc(F)c1)CC2. The molecule has 0 fully saturated rings. The molecule has 1 aromatic carbocycles. The van der Waals surface area contributed by atoms with Crippen LogP contribution in [-0.4, -0.2) is 44.4 Å². The number of amides is 2. The minimum Gasteiger partial charge on any atom is -0.453 e. The van der Waals surface area contributed by atoms with Gasteiger partial charge in [-0.3, -0.25) is 9.59 Å². The predicted octanol–water partition coefficient (Wildman–Crippen LogP) is 3.31. The summed E-state index contributed by atoms with van der Waals surface area (Å²) < 4.78 is 39.1. The molecule has 1 unspecified atom stereocenters. The number of hydrogen-bond donors (Lipinski definition) is 0. The molecule has 2 amide bonds. The highest BCUT2D eigenvalue weighted by Gasteiger charge is 2.38. The van der Waals surface area contributed by atoms with Gasteiger partial charge in [-0.2, -0.15) is 9.88 Å². The van der Waals surface area contributed by atoms with Gasteiger partial charge in [0.2, 0.25) is 0 Å². The fourth-order valence-electron chi connectivity index (χ4n) is 3.38. The van der Waals surface area contributed by atoms with Crippen molar-refractivity contribution in [2.75, 3.05) is 4.90 Å². The number of esters is 1. The van der Waals surface area contributed by atoms with Gasteiger partial charge in [-0.05, 0) is 51.8 Å². The molecule has 32 heavy (non-hydrogen) atoms. The Morgan fingerprint density at radius 2 is 1.81 bits per heavy atom. The molecule has 2 aromatic rings. The second-order valence-corrected chi connectivity index (χ2v) is 8.44.